The molecule has 0 aliphatic heterocycles. The Bertz CT molecular complexity index is 450. The van der Waals surface area contributed by atoms with Gasteiger partial charge in [-0.05, 0) is 25.2 Å². The molecule has 2 atom stereocenters. The maximum atomic E-state index is 12.6. The molecule has 0 radical (unpaired) electrons. The van der Waals surface area contributed by atoms with E-state index in [0.29, 0.717) is 5.92 Å². The second-order valence-electron chi connectivity index (χ2n) is 4.96. The number of alkyl halides is 3. The third kappa shape index (κ3) is 3.71. The predicted octanol–water partition coefficient (Wildman–Crippen LogP) is 3.04. The molecule has 1 heterocycles. The molecule has 0 bridgehead atoms. The van der Waals surface area contributed by atoms with Crippen LogP contribution in [0.5, 0.6) is 5.88 Å². The van der Waals surface area contributed by atoms with E-state index >= 15 is 0 Å². The summed E-state index contributed by atoms with van der Waals surface area (Å²) >= 11 is 0. The molecular weight excluding hydrogens is 259 g/mol. The molecular formula is C12H16F3N3O. The van der Waals surface area contributed by atoms with Crippen molar-refractivity contribution in [3.05, 3.63) is 11.9 Å². The zero-order valence-corrected chi connectivity index (χ0v) is 10.6. The van der Waals surface area contributed by atoms with E-state index in [0.717, 1.165) is 25.7 Å². The molecule has 0 saturated heterocycles. The van der Waals surface area contributed by atoms with Crippen LogP contribution in [0.4, 0.5) is 19.0 Å². The fraction of sp³-hybridized carbons (Fsp3) is 0.667. The molecule has 2 N–H and O–H groups in total. The molecule has 0 spiro atoms. The molecule has 1 aliphatic rings. The molecule has 1 aliphatic carbocycles. The summed E-state index contributed by atoms with van der Waals surface area (Å²) < 4.78 is 43.2. The van der Waals surface area contributed by atoms with Gasteiger partial charge in [0.2, 0.25) is 11.7 Å². The van der Waals surface area contributed by atoms with Crippen LogP contribution in [0.2, 0.25) is 0 Å². The van der Waals surface area contributed by atoms with E-state index in [1.165, 1.54) is 6.07 Å². The molecule has 1 aromatic rings. The van der Waals surface area contributed by atoms with Gasteiger partial charge in [0, 0.05) is 6.07 Å². The highest BCUT2D eigenvalue weighted by Gasteiger charge is 2.35. The predicted molar refractivity (Wildman–Crippen MR) is 63.5 cm³/mol. The minimum atomic E-state index is -4.62. The van der Waals surface area contributed by atoms with Gasteiger partial charge in [-0.1, -0.05) is 13.3 Å². The Balaban J connectivity index is 2.14. The lowest BCUT2D eigenvalue weighted by Crippen LogP contribution is -2.25. The number of rotatable bonds is 2. The molecule has 1 aromatic heterocycles. The van der Waals surface area contributed by atoms with E-state index in [1.54, 1.807) is 0 Å². The van der Waals surface area contributed by atoms with E-state index < -0.39 is 12.0 Å². The van der Waals surface area contributed by atoms with Crippen LogP contribution in [-0.4, -0.2) is 16.1 Å². The third-order valence-electron chi connectivity index (χ3n) is 3.15. The summed E-state index contributed by atoms with van der Waals surface area (Å²) in [5.74, 6) is -1.08. The number of aromatic nitrogens is 2. The van der Waals surface area contributed by atoms with E-state index in [-0.39, 0.29) is 17.8 Å². The maximum Gasteiger partial charge on any atom is 0.451 e. The van der Waals surface area contributed by atoms with Crippen LogP contribution in [0.1, 0.15) is 38.4 Å². The first kappa shape index (κ1) is 13.9. The monoisotopic (exact) mass is 275 g/mol. The lowest BCUT2D eigenvalue weighted by Gasteiger charge is -2.27. The Morgan fingerprint density at radius 1 is 1.32 bits per heavy atom. The fourth-order valence-corrected chi connectivity index (χ4v) is 2.29. The highest BCUT2D eigenvalue weighted by Crippen LogP contribution is 2.30. The van der Waals surface area contributed by atoms with Gasteiger partial charge in [-0.3, -0.25) is 0 Å². The second-order valence-corrected chi connectivity index (χ2v) is 4.96. The van der Waals surface area contributed by atoms with Gasteiger partial charge in [-0.25, -0.2) is 4.98 Å². The van der Waals surface area contributed by atoms with Crippen molar-refractivity contribution >= 4 is 5.82 Å². The first-order valence-electron chi connectivity index (χ1n) is 6.23. The lowest BCUT2D eigenvalue weighted by atomic mass is 9.89. The molecule has 1 saturated carbocycles. The molecule has 1 fully saturated rings. The van der Waals surface area contributed by atoms with Crippen LogP contribution in [0.3, 0.4) is 0 Å². The number of ether oxygens (including phenoxy) is 1. The Kier molecular flexibility index (Phi) is 3.82. The minimum Gasteiger partial charge on any atom is -0.474 e. The van der Waals surface area contributed by atoms with Crippen molar-refractivity contribution in [3.8, 4) is 5.88 Å². The highest BCUT2D eigenvalue weighted by molar-refractivity contribution is 5.33. The number of nitrogen functional groups attached to an aromatic ring is 1. The number of halogens is 3. The number of anilines is 1. The van der Waals surface area contributed by atoms with E-state index in [2.05, 4.69) is 16.9 Å². The number of nitrogens with zero attached hydrogens (tertiary/aromatic N) is 2. The molecule has 19 heavy (non-hydrogen) atoms. The Morgan fingerprint density at radius 2 is 2.05 bits per heavy atom. The zero-order chi connectivity index (χ0) is 14.0. The first-order valence-corrected chi connectivity index (χ1v) is 6.23. The molecule has 0 amide bonds. The Morgan fingerprint density at radius 3 is 2.68 bits per heavy atom. The van der Waals surface area contributed by atoms with Crippen molar-refractivity contribution in [3.63, 3.8) is 0 Å². The normalized spacial score (nSPS) is 24.2. The molecule has 4 nitrogen and oxygen atoms in total. The molecule has 7 heteroatoms. The van der Waals surface area contributed by atoms with Crippen LogP contribution in [0.25, 0.3) is 0 Å². The van der Waals surface area contributed by atoms with Crippen LogP contribution in [-0.2, 0) is 6.18 Å². The topological polar surface area (TPSA) is 61.0 Å². The van der Waals surface area contributed by atoms with Crippen molar-refractivity contribution in [1.29, 1.82) is 0 Å². The van der Waals surface area contributed by atoms with Crippen LogP contribution < -0.4 is 10.5 Å². The van der Waals surface area contributed by atoms with Gasteiger partial charge in [0.05, 0.1) is 0 Å². The van der Waals surface area contributed by atoms with E-state index in [1.807, 2.05) is 0 Å². The van der Waals surface area contributed by atoms with Gasteiger partial charge in [-0.2, -0.15) is 18.2 Å². The van der Waals surface area contributed by atoms with Crippen LogP contribution >= 0.6 is 0 Å². The van der Waals surface area contributed by atoms with E-state index in [9.17, 15) is 13.2 Å². The lowest BCUT2D eigenvalue weighted by molar-refractivity contribution is -0.145. The minimum absolute atomic E-state index is 0.0980. The summed E-state index contributed by atoms with van der Waals surface area (Å²) in [6.07, 6.45) is -0.925. The van der Waals surface area contributed by atoms with Gasteiger partial charge in [0.15, 0.2) is 0 Å². The average Bonchev–Trinajstić information content (AvgIpc) is 2.26. The number of hydrogen-bond acceptors (Lipinski definition) is 4. The summed E-state index contributed by atoms with van der Waals surface area (Å²) in [5.41, 5.74) is 5.36. The second kappa shape index (κ2) is 5.22. The highest BCUT2D eigenvalue weighted by atomic mass is 19.4. The SMILES string of the molecule is CC1CCCC(Oc2cc(N)nc(C(F)(F)F)n2)C1. The summed E-state index contributed by atoms with van der Waals surface area (Å²) in [6, 6.07) is 1.23. The van der Waals surface area contributed by atoms with Gasteiger partial charge < -0.3 is 10.5 Å². The standard InChI is InChI=1S/C12H16F3N3O/c1-7-3-2-4-8(5-7)19-10-6-9(16)17-11(18-10)12(13,14)15/h6-8H,2-5H2,1H3,(H2,16,17,18). The van der Waals surface area contributed by atoms with Crippen molar-refractivity contribution in [1.82, 2.24) is 9.97 Å². The zero-order valence-electron chi connectivity index (χ0n) is 10.6. The summed E-state index contributed by atoms with van der Waals surface area (Å²) in [4.78, 5) is 6.56. The fourth-order valence-electron chi connectivity index (χ4n) is 2.29. The summed E-state index contributed by atoms with van der Waals surface area (Å²) in [7, 11) is 0. The third-order valence-corrected chi connectivity index (χ3v) is 3.15. The van der Waals surface area contributed by atoms with Gasteiger partial charge in [0.1, 0.15) is 11.9 Å². The van der Waals surface area contributed by atoms with Gasteiger partial charge in [0.25, 0.3) is 0 Å². The Labute approximate surface area is 109 Å². The van der Waals surface area contributed by atoms with E-state index in [4.69, 9.17) is 10.5 Å². The van der Waals surface area contributed by atoms with Crippen molar-refractivity contribution in [2.75, 3.05) is 5.73 Å². The molecule has 2 rings (SSSR count). The van der Waals surface area contributed by atoms with Gasteiger partial charge >= 0.3 is 6.18 Å². The van der Waals surface area contributed by atoms with Crippen molar-refractivity contribution < 1.29 is 17.9 Å². The largest absolute Gasteiger partial charge is 0.474 e. The van der Waals surface area contributed by atoms with Crippen molar-refractivity contribution in [2.24, 2.45) is 5.92 Å². The maximum absolute atomic E-state index is 12.6. The number of hydrogen-bond donors (Lipinski definition) is 1. The molecule has 106 valence electrons. The molecule has 2 unspecified atom stereocenters. The quantitative estimate of drug-likeness (QED) is 0.901. The summed E-state index contributed by atoms with van der Waals surface area (Å²) in [6.45, 7) is 2.10. The smallest absolute Gasteiger partial charge is 0.451 e. The van der Waals surface area contributed by atoms with Crippen LogP contribution in [0, 0.1) is 5.92 Å². The first-order chi connectivity index (χ1) is 8.84. The van der Waals surface area contributed by atoms with Gasteiger partial charge in [-0.15, -0.1) is 0 Å². The van der Waals surface area contributed by atoms with Crippen molar-refractivity contribution in [2.45, 2.75) is 44.9 Å². The molecule has 0 aromatic carbocycles. The summed E-state index contributed by atoms with van der Waals surface area (Å²) in [5, 5.41) is 0. The number of nitrogens with two attached hydrogens (primary N) is 1. The van der Waals surface area contributed by atoms with Crippen LogP contribution in [0.15, 0.2) is 6.07 Å². The average molecular weight is 275 g/mol. The Hall–Kier alpha value is -1.53.